The summed E-state index contributed by atoms with van der Waals surface area (Å²) in [5.74, 6) is 1.78. The second-order valence-corrected chi connectivity index (χ2v) is 6.55. The fraction of sp³-hybridized carbons (Fsp3) is 0.143. The Bertz CT molecular complexity index is 1230. The van der Waals surface area contributed by atoms with Crippen LogP contribution in [-0.2, 0) is 6.54 Å². The van der Waals surface area contributed by atoms with Crippen LogP contribution in [0.5, 0.6) is 5.75 Å². The van der Waals surface area contributed by atoms with E-state index in [1.54, 1.807) is 20.4 Å². The van der Waals surface area contributed by atoms with Crippen LogP contribution in [0.2, 0.25) is 0 Å². The Kier molecular flexibility index (Phi) is 5.79. The highest BCUT2D eigenvalue weighted by molar-refractivity contribution is 5.98. The fourth-order valence-electron chi connectivity index (χ4n) is 3.10. The van der Waals surface area contributed by atoms with Gasteiger partial charge in [-0.2, -0.15) is 5.10 Å². The third-order valence-corrected chi connectivity index (χ3v) is 4.66. The van der Waals surface area contributed by atoms with E-state index in [-0.39, 0.29) is 0 Å². The zero-order chi connectivity index (χ0) is 21.6. The van der Waals surface area contributed by atoms with E-state index < -0.39 is 0 Å². The van der Waals surface area contributed by atoms with Crippen LogP contribution in [0.3, 0.4) is 0 Å². The molecule has 1 aromatic carbocycles. The summed E-state index contributed by atoms with van der Waals surface area (Å²) < 4.78 is 7.21. The Morgan fingerprint density at radius 2 is 1.97 bits per heavy atom. The van der Waals surface area contributed by atoms with Crippen LogP contribution >= 0.6 is 0 Å². The maximum absolute atomic E-state index is 7.21. The molecule has 0 saturated carbocycles. The molecule has 156 valence electrons. The molecule has 3 aromatic heterocycles. The van der Waals surface area contributed by atoms with E-state index in [9.17, 15) is 0 Å². The van der Waals surface area contributed by atoms with Gasteiger partial charge in [0.1, 0.15) is 23.5 Å². The summed E-state index contributed by atoms with van der Waals surface area (Å²) in [6, 6.07) is 13.3. The summed E-state index contributed by atoms with van der Waals surface area (Å²) in [6.45, 7) is 0.581. The highest BCUT2D eigenvalue weighted by Gasteiger charge is 2.09. The van der Waals surface area contributed by atoms with E-state index in [2.05, 4.69) is 35.9 Å². The van der Waals surface area contributed by atoms with E-state index in [0.717, 1.165) is 33.9 Å². The van der Waals surface area contributed by atoms with Gasteiger partial charge in [-0.15, -0.1) is 5.11 Å². The highest BCUT2D eigenvalue weighted by atomic mass is 16.5. The predicted molar refractivity (Wildman–Crippen MR) is 117 cm³/mol. The molecule has 31 heavy (non-hydrogen) atoms. The number of aromatic nitrogens is 4. The smallest absolute Gasteiger partial charge is 0.200 e. The second-order valence-electron chi connectivity index (χ2n) is 6.55. The molecule has 0 spiro atoms. The molecule has 0 aliphatic heterocycles. The van der Waals surface area contributed by atoms with Crippen LogP contribution in [0.1, 0.15) is 11.1 Å². The fourth-order valence-corrected chi connectivity index (χ4v) is 3.10. The summed E-state index contributed by atoms with van der Waals surface area (Å²) in [6.07, 6.45) is 5.21. The Hall–Kier alpha value is -4.34. The summed E-state index contributed by atoms with van der Waals surface area (Å²) in [5.41, 5.74) is 14.1. The topological polar surface area (TPSA) is 125 Å². The van der Waals surface area contributed by atoms with Crippen LogP contribution < -0.4 is 15.5 Å². The number of methoxy groups -OCH3 is 1. The Balaban J connectivity index is 1.49. The first-order valence-corrected chi connectivity index (χ1v) is 9.50. The van der Waals surface area contributed by atoms with Gasteiger partial charge in [0.05, 0.1) is 24.7 Å². The number of nitrogens with zero attached hydrogens (tertiary/aromatic N) is 6. The number of hydrogen-bond donors (Lipinski definition) is 3. The molecule has 3 heterocycles. The molecule has 3 N–H and O–H groups in total. The second kappa shape index (κ2) is 8.99. The standard InChI is InChI=1S/C21H21N9O/c1-23-29-21(28-22)15-5-3-14(4-6-15)11-24-19-10-17(26-13-27-19)18-12-25-20-9-16(31-2)7-8-30(18)20/h3-10,12-13,22-23H,11H2,1-2H3,(H,24,26,27)/b28-22?,29-21-. The van der Waals surface area contributed by atoms with Crippen molar-refractivity contribution in [3.63, 3.8) is 0 Å². The van der Waals surface area contributed by atoms with Crippen molar-refractivity contribution in [2.75, 3.05) is 19.5 Å². The Morgan fingerprint density at radius 3 is 2.71 bits per heavy atom. The van der Waals surface area contributed by atoms with Crippen LogP contribution in [0.4, 0.5) is 5.82 Å². The molecule has 0 radical (unpaired) electrons. The lowest BCUT2D eigenvalue weighted by molar-refractivity contribution is 0.414. The van der Waals surface area contributed by atoms with Gasteiger partial charge in [-0.3, -0.25) is 4.40 Å². The summed E-state index contributed by atoms with van der Waals surface area (Å²) in [5, 5.41) is 10.7. The van der Waals surface area contributed by atoms with Crippen molar-refractivity contribution < 1.29 is 4.74 Å². The number of pyridine rings is 1. The molecule has 10 heteroatoms. The normalized spacial score (nSPS) is 11.4. The number of anilines is 1. The van der Waals surface area contributed by atoms with Gasteiger partial charge in [-0.05, 0) is 11.6 Å². The van der Waals surface area contributed by atoms with Gasteiger partial charge < -0.3 is 15.5 Å². The first-order chi connectivity index (χ1) is 15.2. The minimum atomic E-state index is 0.327. The molecular formula is C21H21N9O. The highest BCUT2D eigenvalue weighted by Crippen LogP contribution is 2.23. The number of amidine groups is 1. The number of ether oxygens (including phenoxy) is 1. The molecule has 0 fully saturated rings. The minimum absolute atomic E-state index is 0.327. The molecule has 4 rings (SSSR count). The number of imidazole rings is 1. The van der Waals surface area contributed by atoms with Crippen LogP contribution in [0.25, 0.3) is 17.0 Å². The average Bonchev–Trinajstić information content (AvgIpc) is 3.25. The lowest BCUT2D eigenvalue weighted by Crippen LogP contribution is -2.05. The van der Waals surface area contributed by atoms with Crippen molar-refractivity contribution in [1.29, 1.82) is 5.53 Å². The molecule has 0 bridgehead atoms. The van der Waals surface area contributed by atoms with Crippen LogP contribution in [-0.4, -0.2) is 39.3 Å². The molecule has 0 unspecified atom stereocenters. The number of fused-ring (bicyclic) bond motifs is 1. The van der Waals surface area contributed by atoms with Crippen molar-refractivity contribution >= 4 is 17.3 Å². The third kappa shape index (κ3) is 4.32. The lowest BCUT2D eigenvalue weighted by atomic mass is 10.1. The van der Waals surface area contributed by atoms with Crippen molar-refractivity contribution in [2.45, 2.75) is 6.54 Å². The maximum atomic E-state index is 7.21. The quantitative estimate of drug-likeness (QED) is 0.184. The molecule has 0 aliphatic rings. The van der Waals surface area contributed by atoms with Crippen LogP contribution in [0, 0.1) is 5.53 Å². The first kappa shape index (κ1) is 20.0. The van der Waals surface area contributed by atoms with Crippen molar-refractivity contribution in [3.05, 3.63) is 72.3 Å². The Morgan fingerprint density at radius 1 is 1.13 bits per heavy atom. The van der Waals surface area contributed by atoms with E-state index >= 15 is 0 Å². The van der Waals surface area contributed by atoms with E-state index in [1.807, 2.05) is 53.1 Å². The van der Waals surface area contributed by atoms with Gasteiger partial charge >= 0.3 is 0 Å². The largest absolute Gasteiger partial charge is 0.497 e. The van der Waals surface area contributed by atoms with E-state index in [4.69, 9.17) is 10.3 Å². The van der Waals surface area contributed by atoms with Gasteiger partial charge in [0.25, 0.3) is 0 Å². The average molecular weight is 415 g/mol. The molecule has 0 saturated heterocycles. The zero-order valence-corrected chi connectivity index (χ0v) is 17.1. The number of hydrogen-bond acceptors (Lipinski definition) is 8. The van der Waals surface area contributed by atoms with Gasteiger partial charge in [0, 0.05) is 37.5 Å². The summed E-state index contributed by atoms with van der Waals surface area (Å²) in [7, 11) is 3.30. The minimum Gasteiger partial charge on any atom is -0.497 e. The monoisotopic (exact) mass is 415 g/mol. The molecular weight excluding hydrogens is 394 g/mol. The van der Waals surface area contributed by atoms with Crippen LogP contribution in [0.15, 0.2) is 71.4 Å². The van der Waals surface area contributed by atoms with Gasteiger partial charge in [-0.25, -0.2) is 20.5 Å². The Labute approximate surface area is 178 Å². The van der Waals surface area contributed by atoms with Gasteiger partial charge in [0.2, 0.25) is 0 Å². The lowest BCUT2D eigenvalue weighted by Gasteiger charge is -2.08. The van der Waals surface area contributed by atoms with Crippen molar-refractivity contribution in [1.82, 2.24) is 24.8 Å². The number of rotatable bonds is 7. The predicted octanol–water partition coefficient (Wildman–Crippen LogP) is 3.32. The third-order valence-electron chi connectivity index (χ3n) is 4.66. The summed E-state index contributed by atoms with van der Waals surface area (Å²) >= 11 is 0. The van der Waals surface area contributed by atoms with Gasteiger partial charge in [-0.1, -0.05) is 24.3 Å². The van der Waals surface area contributed by atoms with Crippen molar-refractivity contribution in [2.24, 2.45) is 10.2 Å². The molecule has 0 amide bonds. The molecule has 0 aliphatic carbocycles. The first-order valence-electron chi connectivity index (χ1n) is 9.50. The maximum Gasteiger partial charge on any atom is 0.200 e. The SMILES string of the molecule is CN/N=C(\N=N)c1ccc(CNc2cc(-c3cnc4cc(OC)ccn34)ncn2)cc1. The molecule has 10 nitrogen and oxygen atoms in total. The molecule has 0 atom stereocenters. The summed E-state index contributed by atoms with van der Waals surface area (Å²) in [4.78, 5) is 13.1. The van der Waals surface area contributed by atoms with E-state index in [0.29, 0.717) is 18.2 Å². The number of benzene rings is 1. The van der Waals surface area contributed by atoms with Crippen molar-refractivity contribution in [3.8, 4) is 17.1 Å². The number of hydrazone groups is 1. The van der Waals surface area contributed by atoms with Gasteiger partial charge in [0.15, 0.2) is 5.84 Å². The molecule has 4 aromatic rings. The number of nitrogens with one attached hydrogen (secondary N) is 3. The zero-order valence-electron chi connectivity index (χ0n) is 17.1. The van der Waals surface area contributed by atoms with E-state index in [1.165, 1.54) is 6.33 Å².